The Hall–Kier alpha value is -2.15. The lowest BCUT2D eigenvalue weighted by atomic mass is 10.2. The first-order valence-electron chi connectivity index (χ1n) is 6.41. The molecule has 0 aliphatic carbocycles. The van der Waals surface area contributed by atoms with Crippen LogP contribution in [-0.4, -0.2) is 43.3 Å². The van der Waals surface area contributed by atoms with E-state index in [1.54, 1.807) is 0 Å². The first-order valence-corrected chi connectivity index (χ1v) is 6.41. The van der Waals surface area contributed by atoms with Crippen LogP contribution in [0.4, 0.5) is 4.39 Å². The number of carboxylic acid groups (broad SMARTS) is 1. The highest BCUT2D eigenvalue weighted by atomic mass is 19.1. The molecule has 0 saturated carbocycles. The molecule has 1 aromatic carbocycles. The number of amides is 1. The van der Waals surface area contributed by atoms with Crippen molar-refractivity contribution in [3.05, 3.63) is 30.1 Å². The van der Waals surface area contributed by atoms with E-state index in [4.69, 9.17) is 14.6 Å². The van der Waals surface area contributed by atoms with Crippen LogP contribution in [0.15, 0.2) is 24.3 Å². The van der Waals surface area contributed by atoms with Gasteiger partial charge in [0.05, 0.1) is 25.6 Å². The number of methoxy groups -OCH3 is 1. The molecule has 0 fully saturated rings. The molecule has 21 heavy (non-hydrogen) atoms. The van der Waals surface area contributed by atoms with E-state index >= 15 is 0 Å². The predicted octanol–water partition coefficient (Wildman–Crippen LogP) is 1.20. The van der Waals surface area contributed by atoms with E-state index in [0.29, 0.717) is 5.75 Å². The van der Waals surface area contributed by atoms with Gasteiger partial charge in [0, 0.05) is 13.7 Å². The van der Waals surface area contributed by atoms with Crippen molar-refractivity contribution in [3.63, 3.8) is 0 Å². The van der Waals surface area contributed by atoms with Crippen molar-refractivity contribution in [1.82, 2.24) is 5.32 Å². The minimum Gasteiger partial charge on any atom is -0.493 e. The molecule has 0 aliphatic rings. The van der Waals surface area contributed by atoms with E-state index in [9.17, 15) is 14.0 Å². The summed E-state index contributed by atoms with van der Waals surface area (Å²) in [4.78, 5) is 22.1. The number of benzene rings is 1. The van der Waals surface area contributed by atoms with Crippen molar-refractivity contribution in [3.8, 4) is 5.75 Å². The standard InChI is InChI=1S/C14H18FNO5/c1-20-12(8-14(18)19)9-16-13(17)6-7-21-11-4-2-10(15)3-5-11/h2-5,12H,6-9H2,1H3,(H,16,17)(H,18,19). The molecule has 0 saturated heterocycles. The van der Waals surface area contributed by atoms with Gasteiger partial charge >= 0.3 is 5.97 Å². The maximum absolute atomic E-state index is 12.7. The summed E-state index contributed by atoms with van der Waals surface area (Å²) >= 11 is 0. The number of carbonyl (C=O) groups is 2. The molecule has 2 N–H and O–H groups in total. The molecule has 6 nitrogen and oxygen atoms in total. The molecule has 1 atom stereocenters. The zero-order chi connectivity index (χ0) is 15.7. The van der Waals surface area contributed by atoms with Crippen molar-refractivity contribution in [2.45, 2.75) is 18.9 Å². The average Bonchev–Trinajstić information content (AvgIpc) is 2.45. The van der Waals surface area contributed by atoms with E-state index in [1.165, 1.54) is 31.4 Å². The fraction of sp³-hybridized carbons (Fsp3) is 0.429. The monoisotopic (exact) mass is 299 g/mol. The van der Waals surface area contributed by atoms with Crippen molar-refractivity contribution in [1.29, 1.82) is 0 Å². The van der Waals surface area contributed by atoms with E-state index in [-0.39, 0.29) is 37.7 Å². The van der Waals surface area contributed by atoms with Crippen LogP contribution >= 0.6 is 0 Å². The third kappa shape index (κ3) is 7.26. The van der Waals surface area contributed by atoms with Gasteiger partial charge in [-0.05, 0) is 24.3 Å². The Kier molecular flexibility index (Phi) is 7.17. The fourth-order valence-electron chi connectivity index (χ4n) is 1.54. The summed E-state index contributed by atoms with van der Waals surface area (Å²) in [5, 5.41) is 11.2. The molecule has 0 spiro atoms. The highest BCUT2D eigenvalue weighted by Gasteiger charge is 2.13. The number of hydrogen-bond donors (Lipinski definition) is 2. The molecule has 0 bridgehead atoms. The van der Waals surface area contributed by atoms with E-state index in [0.717, 1.165) is 0 Å². The molecule has 1 aromatic rings. The maximum atomic E-state index is 12.7. The van der Waals surface area contributed by atoms with Gasteiger partial charge in [0.25, 0.3) is 0 Å². The van der Waals surface area contributed by atoms with Gasteiger partial charge in [0.1, 0.15) is 11.6 Å². The van der Waals surface area contributed by atoms with Gasteiger partial charge in [-0.1, -0.05) is 0 Å². The van der Waals surface area contributed by atoms with Crippen LogP contribution in [0.2, 0.25) is 0 Å². The Morgan fingerprint density at radius 1 is 1.33 bits per heavy atom. The molecule has 0 heterocycles. The van der Waals surface area contributed by atoms with Crippen LogP contribution in [0.3, 0.4) is 0 Å². The molecule has 0 radical (unpaired) electrons. The fourth-order valence-corrected chi connectivity index (χ4v) is 1.54. The van der Waals surface area contributed by atoms with Gasteiger partial charge in [-0.2, -0.15) is 0 Å². The van der Waals surface area contributed by atoms with Crippen LogP contribution in [0.5, 0.6) is 5.75 Å². The van der Waals surface area contributed by atoms with Gasteiger partial charge in [-0.3, -0.25) is 9.59 Å². The van der Waals surface area contributed by atoms with E-state index in [1.807, 2.05) is 0 Å². The van der Waals surface area contributed by atoms with Crippen molar-refractivity contribution in [2.75, 3.05) is 20.3 Å². The summed E-state index contributed by atoms with van der Waals surface area (Å²) in [6, 6.07) is 5.48. The Morgan fingerprint density at radius 3 is 2.57 bits per heavy atom. The maximum Gasteiger partial charge on any atom is 0.306 e. The van der Waals surface area contributed by atoms with Crippen molar-refractivity contribution in [2.24, 2.45) is 0 Å². The van der Waals surface area contributed by atoms with Crippen LogP contribution in [0, 0.1) is 5.82 Å². The summed E-state index contributed by atoms with van der Waals surface area (Å²) in [5.41, 5.74) is 0. The van der Waals surface area contributed by atoms with Gasteiger partial charge < -0.3 is 19.9 Å². The Bertz CT molecular complexity index is 463. The third-order valence-electron chi connectivity index (χ3n) is 2.67. The number of nitrogens with one attached hydrogen (secondary N) is 1. The summed E-state index contributed by atoms with van der Waals surface area (Å²) in [7, 11) is 1.39. The second-order valence-corrected chi connectivity index (χ2v) is 4.31. The van der Waals surface area contributed by atoms with Gasteiger partial charge in [-0.15, -0.1) is 0 Å². The first kappa shape index (κ1) is 16.9. The normalized spacial score (nSPS) is 11.7. The number of halogens is 1. The second-order valence-electron chi connectivity index (χ2n) is 4.31. The number of carboxylic acids is 1. The minimum absolute atomic E-state index is 0.112. The molecule has 7 heteroatoms. The lowest BCUT2D eigenvalue weighted by Gasteiger charge is -2.14. The Balaban J connectivity index is 2.21. The molecular weight excluding hydrogens is 281 g/mol. The molecule has 1 unspecified atom stereocenters. The number of ether oxygens (including phenoxy) is 2. The number of rotatable bonds is 9. The van der Waals surface area contributed by atoms with Crippen LogP contribution in [0.1, 0.15) is 12.8 Å². The topological polar surface area (TPSA) is 84.9 Å². The van der Waals surface area contributed by atoms with Crippen LogP contribution in [0.25, 0.3) is 0 Å². The largest absolute Gasteiger partial charge is 0.493 e. The first-order chi connectivity index (χ1) is 10.0. The zero-order valence-corrected chi connectivity index (χ0v) is 11.7. The number of carbonyl (C=O) groups excluding carboxylic acids is 1. The molecular formula is C14H18FNO5. The third-order valence-corrected chi connectivity index (χ3v) is 2.67. The highest BCUT2D eigenvalue weighted by molar-refractivity contribution is 5.76. The number of aliphatic carboxylic acids is 1. The van der Waals surface area contributed by atoms with Crippen LogP contribution < -0.4 is 10.1 Å². The molecule has 1 amide bonds. The molecule has 0 aliphatic heterocycles. The lowest BCUT2D eigenvalue weighted by molar-refractivity contribution is -0.140. The SMILES string of the molecule is COC(CNC(=O)CCOc1ccc(F)cc1)CC(=O)O. The molecule has 0 aromatic heterocycles. The predicted molar refractivity (Wildman–Crippen MR) is 72.6 cm³/mol. The number of hydrogen-bond acceptors (Lipinski definition) is 4. The van der Waals surface area contributed by atoms with Gasteiger partial charge in [0.2, 0.25) is 5.91 Å². The van der Waals surface area contributed by atoms with Crippen LogP contribution in [-0.2, 0) is 14.3 Å². The van der Waals surface area contributed by atoms with E-state index < -0.39 is 12.1 Å². The highest BCUT2D eigenvalue weighted by Crippen LogP contribution is 2.11. The lowest BCUT2D eigenvalue weighted by Crippen LogP contribution is -2.35. The van der Waals surface area contributed by atoms with Gasteiger partial charge in [0.15, 0.2) is 0 Å². The summed E-state index contributed by atoms with van der Waals surface area (Å²) in [5.74, 6) is -1.14. The molecule has 116 valence electrons. The second kappa shape index (κ2) is 8.91. The minimum atomic E-state index is -0.990. The molecule has 1 rings (SSSR count). The quantitative estimate of drug-likeness (QED) is 0.715. The Morgan fingerprint density at radius 2 is 2.00 bits per heavy atom. The average molecular weight is 299 g/mol. The summed E-state index contributed by atoms with van der Waals surface area (Å²) in [6.45, 7) is 0.270. The Labute approximate surface area is 121 Å². The zero-order valence-electron chi connectivity index (χ0n) is 11.7. The van der Waals surface area contributed by atoms with Gasteiger partial charge in [-0.25, -0.2) is 4.39 Å². The summed E-state index contributed by atoms with van der Waals surface area (Å²) < 4.78 is 22.9. The summed E-state index contributed by atoms with van der Waals surface area (Å²) in [6.07, 6.45) is -0.631. The van der Waals surface area contributed by atoms with Crippen molar-refractivity contribution < 1.29 is 28.6 Å². The van der Waals surface area contributed by atoms with E-state index in [2.05, 4.69) is 5.32 Å². The smallest absolute Gasteiger partial charge is 0.306 e. The van der Waals surface area contributed by atoms with Crippen molar-refractivity contribution >= 4 is 11.9 Å².